The molecular formula is C13H14BrNO2S2. The summed E-state index contributed by atoms with van der Waals surface area (Å²) in [5.41, 5.74) is 2.76. The fourth-order valence-corrected chi connectivity index (χ4v) is 5.60. The Morgan fingerprint density at radius 1 is 1.21 bits per heavy atom. The Balaban J connectivity index is 2.50. The van der Waals surface area contributed by atoms with E-state index in [1.807, 2.05) is 32.0 Å². The monoisotopic (exact) mass is 359 g/mol. The van der Waals surface area contributed by atoms with Crippen LogP contribution in [-0.4, -0.2) is 15.5 Å². The quantitative estimate of drug-likeness (QED) is 0.831. The van der Waals surface area contributed by atoms with E-state index in [1.165, 1.54) is 15.6 Å². The summed E-state index contributed by atoms with van der Waals surface area (Å²) < 4.78 is 27.4. The molecule has 0 aliphatic rings. The SMILES string of the molecule is Cc1ccc(N(C)S(=O)(=O)c2sccc2Br)c(C)c1. The van der Waals surface area contributed by atoms with Gasteiger partial charge in [-0.15, -0.1) is 11.3 Å². The van der Waals surface area contributed by atoms with E-state index in [1.54, 1.807) is 18.5 Å². The number of halogens is 1. The zero-order chi connectivity index (χ0) is 14.2. The Morgan fingerprint density at radius 2 is 1.89 bits per heavy atom. The predicted molar refractivity (Wildman–Crippen MR) is 83.5 cm³/mol. The first-order valence-corrected chi connectivity index (χ1v) is 8.74. The van der Waals surface area contributed by atoms with Gasteiger partial charge in [0.05, 0.1) is 5.69 Å². The molecule has 0 radical (unpaired) electrons. The van der Waals surface area contributed by atoms with E-state index in [0.29, 0.717) is 14.4 Å². The summed E-state index contributed by atoms with van der Waals surface area (Å²) in [7, 11) is -1.93. The Morgan fingerprint density at radius 3 is 2.42 bits per heavy atom. The maximum absolute atomic E-state index is 12.6. The lowest BCUT2D eigenvalue weighted by Crippen LogP contribution is -2.26. The lowest BCUT2D eigenvalue weighted by atomic mass is 10.1. The summed E-state index contributed by atoms with van der Waals surface area (Å²) in [5.74, 6) is 0. The third-order valence-electron chi connectivity index (χ3n) is 2.87. The Labute approximate surface area is 126 Å². The van der Waals surface area contributed by atoms with Gasteiger partial charge in [0.1, 0.15) is 0 Å². The minimum Gasteiger partial charge on any atom is -0.268 e. The van der Waals surface area contributed by atoms with Gasteiger partial charge in [0.15, 0.2) is 4.21 Å². The molecule has 1 aromatic carbocycles. The van der Waals surface area contributed by atoms with Gasteiger partial charge < -0.3 is 0 Å². The second-order valence-corrected chi connectivity index (χ2v) is 8.25. The molecule has 0 fully saturated rings. The standard InChI is InChI=1S/C13H14BrNO2S2/c1-9-4-5-12(10(2)8-9)15(3)19(16,17)13-11(14)6-7-18-13/h4-8H,1-3H3. The van der Waals surface area contributed by atoms with Gasteiger partial charge in [0.2, 0.25) is 0 Å². The molecule has 0 saturated heterocycles. The minimum atomic E-state index is -3.51. The highest BCUT2D eigenvalue weighted by Crippen LogP contribution is 2.33. The van der Waals surface area contributed by atoms with E-state index in [-0.39, 0.29) is 0 Å². The third-order valence-corrected chi connectivity index (χ3v) is 7.29. The average molecular weight is 360 g/mol. The number of sulfonamides is 1. The summed E-state index contributed by atoms with van der Waals surface area (Å²) in [6.07, 6.45) is 0. The fourth-order valence-electron chi connectivity index (χ4n) is 1.88. The van der Waals surface area contributed by atoms with Crippen molar-refractivity contribution in [3.8, 4) is 0 Å². The molecule has 0 N–H and O–H groups in total. The van der Waals surface area contributed by atoms with Crippen LogP contribution in [0, 0.1) is 13.8 Å². The lowest BCUT2D eigenvalue weighted by Gasteiger charge is -2.21. The van der Waals surface area contributed by atoms with E-state index >= 15 is 0 Å². The molecule has 1 aromatic heterocycles. The zero-order valence-electron chi connectivity index (χ0n) is 10.8. The van der Waals surface area contributed by atoms with Crippen molar-refractivity contribution in [2.45, 2.75) is 18.1 Å². The molecule has 19 heavy (non-hydrogen) atoms. The highest BCUT2D eigenvalue weighted by molar-refractivity contribution is 9.10. The average Bonchev–Trinajstić information content (AvgIpc) is 2.75. The molecule has 6 heteroatoms. The van der Waals surface area contributed by atoms with Crippen LogP contribution in [0.5, 0.6) is 0 Å². The molecule has 2 rings (SSSR count). The van der Waals surface area contributed by atoms with Gasteiger partial charge in [0.25, 0.3) is 10.0 Å². The molecule has 0 amide bonds. The van der Waals surface area contributed by atoms with Crippen molar-refractivity contribution >= 4 is 43.0 Å². The molecule has 0 bridgehead atoms. The van der Waals surface area contributed by atoms with Crippen LogP contribution < -0.4 is 4.31 Å². The molecule has 2 aromatic rings. The van der Waals surface area contributed by atoms with Gasteiger partial charge in [-0.05, 0) is 52.9 Å². The highest BCUT2D eigenvalue weighted by atomic mass is 79.9. The lowest BCUT2D eigenvalue weighted by molar-refractivity contribution is 0.596. The van der Waals surface area contributed by atoms with Crippen molar-refractivity contribution < 1.29 is 8.42 Å². The van der Waals surface area contributed by atoms with Crippen molar-refractivity contribution in [1.82, 2.24) is 0 Å². The number of hydrogen-bond acceptors (Lipinski definition) is 3. The van der Waals surface area contributed by atoms with Crippen LogP contribution in [0.4, 0.5) is 5.69 Å². The van der Waals surface area contributed by atoms with Crippen LogP contribution >= 0.6 is 27.3 Å². The van der Waals surface area contributed by atoms with Crippen LogP contribution in [0.2, 0.25) is 0 Å². The summed E-state index contributed by atoms with van der Waals surface area (Å²) in [4.78, 5) is 0. The third kappa shape index (κ3) is 2.70. The maximum atomic E-state index is 12.6. The first-order chi connectivity index (χ1) is 8.84. The topological polar surface area (TPSA) is 37.4 Å². The summed E-state index contributed by atoms with van der Waals surface area (Å²) >= 11 is 4.49. The summed E-state index contributed by atoms with van der Waals surface area (Å²) in [6.45, 7) is 3.90. The van der Waals surface area contributed by atoms with E-state index in [9.17, 15) is 8.42 Å². The smallest absolute Gasteiger partial charge is 0.268 e. The Kier molecular flexibility index (Phi) is 4.03. The first-order valence-electron chi connectivity index (χ1n) is 5.63. The van der Waals surface area contributed by atoms with Crippen LogP contribution in [-0.2, 0) is 10.0 Å². The molecule has 0 aliphatic heterocycles. The molecule has 0 unspecified atom stereocenters. The molecular weight excluding hydrogens is 346 g/mol. The van der Waals surface area contributed by atoms with Crippen molar-refractivity contribution in [3.63, 3.8) is 0 Å². The molecule has 0 aliphatic carbocycles. The number of anilines is 1. The van der Waals surface area contributed by atoms with Crippen molar-refractivity contribution in [3.05, 3.63) is 45.2 Å². The van der Waals surface area contributed by atoms with E-state index in [0.717, 1.165) is 11.1 Å². The normalized spacial score (nSPS) is 11.6. The molecule has 0 saturated carbocycles. The van der Waals surface area contributed by atoms with Crippen LogP contribution in [0.25, 0.3) is 0 Å². The van der Waals surface area contributed by atoms with Gasteiger partial charge in [-0.25, -0.2) is 8.42 Å². The second-order valence-electron chi connectivity index (χ2n) is 4.32. The van der Waals surface area contributed by atoms with Crippen LogP contribution in [0.1, 0.15) is 11.1 Å². The van der Waals surface area contributed by atoms with E-state index < -0.39 is 10.0 Å². The minimum absolute atomic E-state index is 0.329. The number of benzene rings is 1. The van der Waals surface area contributed by atoms with Crippen LogP contribution in [0.3, 0.4) is 0 Å². The Bertz CT molecular complexity index is 707. The molecule has 1 heterocycles. The van der Waals surface area contributed by atoms with Gasteiger partial charge in [-0.2, -0.15) is 0 Å². The predicted octanol–water partition coefficient (Wildman–Crippen LogP) is 3.95. The number of aryl methyl sites for hydroxylation is 2. The van der Waals surface area contributed by atoms with Crippen LogP contribution in [0.15, 0.2) is 38.3 Å². The van der Waals surface area contributed by atoms with Crippen molar-refractivity contribution in [1.29, 1.82) is 0 Å². The zero-order valence-corrected chi connectivity index (χ0v) is 14.1. The largest absolute Gasteiger partial charge is 0.274 e. The van der Waals surface area contributed by atoms with Crippen molar-refractivity contribution in [2.24, 2.45) is 0 Å². The Hall–Kier alpha value is -0.850. The summed E-state index contributed by atoms with van der Waals surface area (Å²) in [5, 5.41) is 1.76. The molecule has 102 valence electrons. The van der Waals surface area contributed by atoms with E-state index in [4.69, 9.17) is 0 Å². The molecule has 0 atom stereocenters. The van der Waals surface area contributed by atoms with Gasteiger partial charge in [-0.3, -0.25) is 4.31 Å². The van der Waals surface area contributed by atoms with Gasteiger partial charge in [-0.1, -0.05) is 17.7 Å². The van der Waals surface area contributed by atoms with Gasteiger partial charge >= 0.3 is 0 Å². The number of thiophene rings is 1. The highest BCUT2D eigenvalue weighted by Gasteiger charge is 2.25. The molecule has 3 nitrogen and oxygen atoms in total. The maximum Gasteiger partial charge on any atom is 0.274 e. The second kappa shape index (κ2) is 5.26. The number of rotatable bonds is 3. The number of hydrogen-bond donors (Lipinski definition) is 0. The summed E-state index contributed by atoms with van der Waals surface area (Å²) in [6, 6.07) is 7.47. The molecule has 0 spiro atoms. The van der Waals surface area contributed by atoms with Crippen molar-refractivity contribution in [2.75, 3.05) is 11.4 Å². The fraction of sp³-hybridized carbons (Fsp3) is 0.231. The first kappa shape index (κ1) is 14.6. The van der Waals surface area contributed by atoms with E-state index in [2.05, 4.69) is 15.9 Å². The van der Waals surface area contributed by atoms with Gasteiger partial charge in [0, 0.05) is 11.5 Å². The number of nitrogens with zero attached hydrogens (tertiary/aromatic N) is 1.